The molecule has 0 aliphatic rings. The van der Waals surface area contributed by atoms with Crippen LogP contribution in [-0.4, -0.2) is 22.3 Å². The molecule has 1 amide bonds. The molecule has 2 aromatic carbocycles. The number of aromatic nitrogens is 2. The van der Waals surface area contributed by atoms with Gasteiger partial charge in [0.05, 0.1) is 18.7 Å². The van der Waals surface area contributed by atoms with Crippen molar-refractivity contribution in [2.24, 2.45) is 0 Å². The number of nitrogens with zero attached hydrogens (tertiary/aromatic N) is 2. The SMILES string of the molecule is CCOc1ccccc1C(=O)Nc1nn(Cc2c(F)cccc2Cl)cc1Cl. The molecule has 1 N–H and O–H groups in total. The molecule has 3 aromatic rings. The number of amides is 1. The average molecular weight is 408 g/mol. The maximum absolute atomic E-state index is 13.9. The number of hydrogen-bond acceptors (Lipinski definition) is 3. The fourth-order valence-electron chi connectivity index (χ4n) is 2.52. The topological polar surface area (TPSA) is 56.1 Å². The summed E-state index contributed by atoms with van der Waals surface area (Å²) in [4.78, 5) is 12.6. The van der Waals surface area contributed by atoms with E-state index in [2.05, 4.69) is 10.4 Å². The molecular weight excluding hydrogens is 392 g/mol. The molecule has 0 fully saturated rings. The van der Waals surface area contributed by atoms with Crippen LogP contribution in [-0.2, 0) is 6.54 Å². The average Bonchev–Trinajstić information content (AvgIpc) is 2.98. The number of hydrogen-bond donors (Lipinski definition) is 1. The minimum atomic E-state index is -0.439. The molecule has 1 aromatic heterocycles. The minimum absolute atomic E-state index is 0.0800. The molecule has 0 saturated carbocycles. The summed E-state index contributed by atoms with van der Waals surface area (Å²) < 4.78 is 20.8. The van der Waals surface area contributed by atoms with Crippen molar-refractivity contribution in [2.75, 3.05) is 11.9 Å². The predicted octanol–water partition coefficient (Wildman–Crippen LogP) is 5.03. The summed E-state index contributed by atoms with van der Waals surface area (Å²) in [6.45, 7) is 2.35. The van der Waals surface area contributed by atoms with E-state index in [1.54, 1.807) is 30.3 Å². The quantitative estimate of drug-likeness (QED) is 0.623. The third-order valence-corrected chi connectivity index (χ3v) is 4.39. The van der Waals surface area contributed by atoms with E-state index in [4.69, 9.17) is 27.9 Å². The van der Waals surface area contributed by atoms with Gasteiger partial charge in [-0.05, 0) is 31.2 Å². The Hall–Kier alpha value is -2.57. The third-order valence-electron chi connectivity index (χ3n) is 3.76. The number of rotatable bonds is 6. The van der Waals surface area contributed by atoms with Gasteiger partial charge in [-0.1, -0.05) is 41.4 Å². The lowest BCUT2D eigenvalue weighted by atomic mass is 10.2. The fraction of sp³-hybridized carbons (Fsp3) is 0.158. The molecule has 0 unspecified atom stereocenters. The predicted molar refractivity (Wildman–Crippen MR) is 103 cm³/mol. The van der Waals surface area contributed by atoms with Gasteiger partial charge in [0, 0.05) is 16.8 Å². The number of para-hydroxylation sites is 1. The summed E-state index contributed by atoms with van der Waals surface area (Å²) in [5, 5.41) is 7.38. The van der Waals surface area contributed by atoms with Gasteiger partial charge in [-0.2, -0.15) is 5.10 Å². The molecule has 0 atom stereocenters. The van der Waals surface area contributed by atoms with Crippen LogP contribution in [0.5, 0.6) is 5.75 Å². The van der Waals surface area contributed by atoms with Gasteiger partial charge in [0.1, 0.15) is 16.6 Å². The molecule has 5 nitrogen and oxygen atoms in total. The van der Waals surface area contributed by atoms with Crippen LogP contribution in [0.3, 0.4) is 0 Å². The largest absolute Gasteiger partial charge is 0.493 e. The van der Waals surface area contributed by atoms with E-state index in [0.717, 1.165) is 0 Å². The number of nitrogens with one attached hydrogen (secondary N) is 1. The number of anilines is 1. The Balaban J connectivity index is 1.80. The summed E-state index contributed by atoms with van der Waals surface area (Å²) in [5.74, 6) is -0.216. The van der Waals surface area contributed by atoms with Crippen molar-refractivity contribution in [1.82, 2.24) is 9.78 Å². The van der Waals surface area contributed by atoms with E-state index in [9.17, 15) is 9.18 Å². The van der Waals surface area contributed by atoms with Gasteiger partial charge < -0.3 is 10.1 Å². The second-order valence-electron chi connectivity index (χ2n) is 5.61. The van der Waals surface area contributed by atoms with Crippen molar-refractivity contribution >= 4 is 34.9 Å². The van der Waals surface area contributed by atoms with Gasteiger partial charge in [0.2, 0.25) is 0 Å². The van der Waals surface area contributed by atoms with E-state index in [-0.39, 0.29) is 28.0 Å². The number of halogens is 3. The molecular formula is C19H16Cl2FN3O2. The van der Waals surface area contributed by atoms with E-state index in [1.807, 2.05) is 6.92 Å². The third kappa shape index (κ3) is 4.40. The van der Waals surface area contributed by atoms with Gasteiger partial charge in [-0.15, -0.1) is 0 Å². The molecule has 0 radical (unpaired) electrons. The molecule has 27 heavy (non-hydrogen) atoms. The maximum atomic E-state index is 13.9. The molecule has 0 aliphatic heterocycles. The first-order valence-corrected chi connectivity index (χ1v) is 8.94. The monoisotopic (exact) mass is 407 g/mol. The van der Waals surface area contributed by atoms with Crippen molar-refractivity contribution in [2.45, 2.75) is 13.5 Å². The Kier molecular flexibility index (Phi) is 5.98. The van der Waals surface area contributed by atoms with Crippen LogP contribution in [0.15, 0.2) is 48.7 Å². The Bertz CT molecular complexity index is 955. The second kappa shape index (κ2) is 8.41. The highest BCUT2D eigenvalue weighted by atomic mass is 35.5. The first-order valence-electron chi connectivity index (χ1n) is 8.18. The van der Waals surface area contributed by atoms with Crippen molar-refractivity contribution in [1.29, 1.82) is 0 Å². The van der Waals surface area contributed by atoms with E-state index >= 15 is 0 Å². The number of carbonyl (C=O) groups is 1. The number of carbonyl (C=O) groups excluding carboxylic acids is 1. The van der Waals surface area contributed by atoms with Crippen LogP contribution in [0.25, 0.3) is 0 Å². The smallest absolute Gasteiger partial charge is 0.260 e. The van der Waals surface area contributed by atoms with Crippen LogP contribution in [0.2, 0.25) is 10.0 Å². The summed E-state index contributed by atoms with van der Waals surface area (Å²) in [6, 6.07) is 11.3. The van der Waals surface area contributed by atoms with Gasteiger partial charge >= 0.3 is 0 Å². The molecule has 8 heteroatoms. The molecule has 1 heterocycles. The Morgan fingerprint density at radius 1 is 1.19 bits per heavy atom. The Labute approximate surface area is 165 Å². The lowest BCUT2D eigenvalue weighted by Crippen LogP contribution is -2.14. The molecule has 0 aliphatic carbocycles. The van der Waals surface area contributed by atoms with Gasteiger partial charge in [0.25, 0.3) is 5.91 Å². The highest BCUT2D eigenvalue weighted by Gasteiger charge is 2.17. The summed E-state index contributed by atoms with van der Waals surface area (Å²) >= 11 is 12.2. The fourth-order valence-corrected chi connectivity index (χ4v) is 2.94. The Morgan fingerprint density at radius 3 is 2.70 bits per heavy atom. The first kappa shape index (κ1) is 19.2. The molecule has 0 spiro atoms. The van der Waals surface area contributed by atoms with E-state index in [0.29, 0.717) is 17.9 Å². The number of ether oxygens (including phenoxy) is 1. The van der Waals surface area contributed by atoms with E-state index in [1.165, 1.54) is 23.0 Å². The van der Waals surface area contributed by atoms with Gasteiger partial charge in [0.15, 0.2) is 5.82 Å². The zero-order valence-electron chi connectivity index (χ0n) is 14.4. The van der Waals surface area contributed by atoms with Gasteiger partial charge in [-0.25, -0.2) is 4.39 Å². The molecule has 140 valence electrons. The number of benzene rings is 2. The Morgan fingerprint density at radius 2 is 1.96 bits per heavy atom. The van der Waals surface area contributed by atoms with E-state index < -0.39 is 11.7 Å². The first-order chi connectivity index (χ1) is 13.0. The van der Waals surface area contributed by atoms with Crippen LogP contribution in [0.4, 0.5) is 10.2 Å². The summed E-state index contributed by atoms with van der Waals surface area (Å²) in [5.41, 5.74) is 0.653. The summed E-state index contributed by atoms with van der Waals surface area (Å²) in [7, 11) is 0. The van der Waals surface area contributed by atoms with Crippen molar-refractivity contribution in [3.05, 3.63) is 75.7 Å². The standard InChI is InChI=1S/C19H16Cl2FN3O2/c1-2-27-17-9-4-3-6-12(17)19(26)23-18-15(21)11-25(24-18)10-13-14(20)7-5-8-16(13)22/h3-9,11H,2,10H2,1H3,(H,23,24,26). The molecule has 3 rings (SSSR count). The van der Waals surface area contributed by atoms with Gasteiger partial charge in [-0.3, -0.25) is 9.48 Å². The van der Waals surface area contributed by atoms with Crippen LogP contribution >= 0.6 is 23.2 Å². The van der Waals surface area contributed by atoms with Crippen molar-refractivity contribution in [3.8, 4) is 5.75 Å². The lowest BCUT2D eigenvalue weighted by Gasteiger charge is -2.09. The maximum Gasteiger partial charge on any atom is 0.260 e. The zero-order chi connectivity index (χ0) is 19.4. The van der Waals surface area contributed by atoms with Crippen LogP contribution in [0.1, 0.15) is 22.8 Å². The highest BCUT2D eigenvalue weighted by molar-refractivity contribution is 6.33. The highest BCUT2D eigenvalue weighted by Crippen LogP contribution is 2.25. The van der Waals surface area contributed by atoms with Crippen molar-refractivity contribution < 1.29 is 13.9 Å². The molecule has 0 saturated heterocycles. The lowest BCUT2D eigenvalue weighted by molar-refractivity contribution is 0.102. The molecule has 0 bridgehead atoms. The second-order valence-corrected chi connectivity index (χ2v) is 6.42. The zero-order valence-corrected chi connectivity index (χ0v) is 15.9. The normalized spacial score (nSPS) is 10.7. The minimum Gasteiger partial charge on any atom is -0.493 e. The van der Waals surface area contributed by atoms with Crippen LogP contribution < -0.4 is 10.1 Å². The summed E-state index contributed by atoms with van der Waals surface area (Å²) in [6.07, 6.45) is 1.49. The van der Waals surface area contributed by atoms with Crippen molar-refractivity contribution in [3.63, 3.8) is 0 Å². The van der Waals surface area contributed by atoms with Crippen LogP contribution in [0, 0.1) is 5.82 Å².